The number of ether oxygens (including phenoxy) is 1. The molecule has 0 radical (unpaired) electrons. The van der Waals surface area contributed by atoms with Crippen LogP contribution in [0.15, 0.2) is 0 Å². The van der Waals surface area contributed by atoms with Crippen LogP contribution < -0.4 is 10.6 Å². The normalized spacial score (nSPS) is 12.7. The molecule has 0 aliphatic carbocycles. The van der Waals surface area contributed by atoms with Gasteiger partial charge >= 0.3 is 13.8 Å². The molecule has 1 atom stereocenters. The van der Waals surface area contributed by atoms with Gasteiger partial charge in [0.05, 0.1) is 20.1 Å². The van der Waals surface area contributed by atoms with Gasteiger partial charge in [0, 0.05) is 37.1 Å². The third-order valence-electron chi connectivity index (χ3n) is 3.69. The van der Waals surface area contributed by atoms with E-state index in [-0.39, 0.29) is 43.4 Å². The van der Waals surface area contributed by atoms with Crippen LogP contribution in [0.5, 0.6) is 0 Å². The van der Waals surface area contributed by atoms with Gasteiger partial charge in [0.1, 0.15) is 6.10 Å². The SMILES string of the molecule is COC(=O)CCC(=O)SCCNC(=O)CCNC(=O)[C@H](O)C(C)(C)COP(=O)(O)O. The molecule has 0 fully saturated rings. The molecule has 0 rings (SSSR count). The number of thioether (sulfide) groups is 1. The average Bonchev–Trinajstić information content (AvgIpc) is 2.66. The molecular formula is C16H29N2O10PS. The zero-order valence-electron chi connectivity index (χ0n) is 17.1. The molecule has 0 aliphatic rings. The molecule has 0 aromatic heterocycles. The summed E-state index contributed by atoms with van der Waals surface area (Å²) in [4.78, 5) is 63.5. The summed E-state index contributed by atoms with van der Waals surface area (Å²) in [6.07, 6.45) is -1.63. The van der Waals surface area contributed by atoms with Crippen LogP contribution in [0.3, 0.4) is 0 Å². The Bertz CT molecular complexity index is 652. The first kappa shape index (κ1) is 28.5. The lowest BCUT2D eigenvalue weighted by Crippen LogP contribution is -2.46. The summed E-state index contributed by atoms with van der Waals surface area (Å²) >= 11 is 0.981. The van der Waals surface area contributed by atoms with Crippen LogP contribution in [0.2, 0.25) is 0 Å². The summed E-state index contributed by atoms with van der Waals surface area (Å²) in [5.74, 6) is -1.34. The van der Waals surface area contributed by atoms with Crippen molar-refractivity contribution in [3.8, 4) is 0 Å². The van der Waals surface area contributed by atoms with Crippen molar-refractivity contribution in [3.63, 3.8) is 0 Å². The third kappa shape index (κ3) is 13.7. The van der Waals surface area contributed by atoms with E-state index in [4.69, 9.17) is 9.79 Å². The Labute approximate surface area is 178 Å². The van der Waals surface area contributed by atoms with Crippen LogP contribution in [0.4, 0.5) is 0 Å². The zero-order chi connectivity index (χ0) is 23.4. The highest BCUT2D eigenvalue weighted by atomic mass is 32.2. The highest BCUT2D eigenvalue weighted by molar-refractivity contribution is 8.13. The van der Waals surface area contributed by atoms with Gasteiger partial charge in [-0.25, -0.2) is 4.57 Å². The zero-order valence-corrected chi connectivity index (χ0v) is 18.8. The minimum Gasteiger partial charge on any atom is -0.469 e. The first-order valence-corrected chi connectivity index (χ1v) is 11.4. The summed E-state index contributed by atoms with van der Waals surface area (Å²) in [5.41, 5.74) is -1.27. The van der Waals surface area contributed by atoms with E-state index in [0.717, 1.165) is 11.8 Å². The molecule has 0 aliphatic heterocycles. The lowest BCUT2D eigenvalue weighted by molar-refractivity contribution is -0.141. The molecule has 12 nitrogen and oxygen atoms in total. The van der Waals surface area contributed by atoms with E-state index in [1.54, 1.807) is 0 Å². The maximum atomic E-state index is 11.9. The lowest BCUT2D eigenvalue weighted by atomic mass is 9.87. The topological polar surface area (TPSA) is 189 Å². The van der Waals surface area contributed by atoms with Crippen molar-refractivity contribution in [1.29, 1.82) is 0 Å². The van der Waals surface area contributed by atoms with E-state index in [2.05, 4.69) is 19.9 Å². The monoisotopic (exact) mass is 472 g/mol. The van der Waals surface area contributed by atoms with Gasteiger partial charge in [-0.1, -0.05) is 25.6 Å². The number of rotatable bonds is 14. The van der Waals surface area contributed by atoms with Crippen LogP contribution in [0.1, 0.15) is 33.1 Å². The van der Waals surface area contributed by atoms with Crippen molar-refractivity contribution in [2.75, 3.05) is 32.6 Å². The Balaban J connectivity index is 4.04. The number of methoxy groups -OCH3 is 1. The smallest absolute Gasteiger partial charge is 0.469 e. The number of carbonyl (C=O) groups is 4. The molecule has 0 spiro atoms. The van der Waals surface area contributed by atoms with E-state index in [1.807, 2.05) is 0 Å². The molecule has 0 unspecified atom stereocenters. The number of phosphoric acid groups is 1. The number of amides is 2. The van der Waals surface area contributed by atoms with Gasteiger partial charge in [0.15, 0.2) is 5.12 Å². The maximum Gasteiger partial charge on any atom is 0.469 e. The predicted molar refractivity (Wildman–Crippen MR) is 107 cm³/mol. The maximum absolute atomic E-state index is 11.9. The molecule has 0 saturated carbocycles. The predicted octanol–water partition coefficient (Wildman–Crippen LogP) is -0.682. The Morgan fingerprint density at radius 3 is 2.27 bits per heavy atom. The van der Waals surface area contributed by atoms with E-state index in [0.29, 0.717) is 5.75 Å². The fourth-order valence-electron chi connectivity index (χ4n) is 1.90. The van der Waals surface area contributed by atoms with Crippen LogP contribution in [-0.2, 0) is 33.0 Å². The minimum absolute atomic E-state index is 0.00246. The van der Waals surface area contributed by atoms with Gasteiger partial charge in [-0.15, -0.1) is 0 Å². The third-order valence-corrected chi connectivity index (χ3v) is 5.09. The van der Waals surface area contributed by atoms with Gasteiger partial charge in [-0.2, -0.15) is 0 Å². The number of carbonyl (C=O) groups excluding carboxylic acids is 4. The van der Waals surface area contributed by atoms with Crippen molar-refractivity contribution < 1.29 is 47.9 Å². The van der Waals surface area contributed by atoms with Gasteiger partial charge in [-0.05, 0) is 0 Å². The molecule has 0 saturated heterocycles. The van der Waals surface area contributed by atoms with E-state index >= 15 is 0 Å². The van der Waals surface area contributed by atoms with E-state index in [1.165, 1.54) is 21.0 Å². The highest BCUT2D eigenvalue weighted by Gasteiger charge is 2.35. The Kier molecular flexibility index (Phi) is 13.0. The number of hydrogen-bond donors (Lipinski definition) is 5. The van der Waals surface area contributed by atoms with Crippen molar-refractivity contribution in [2.24, 2.45) is 5.41 Å². The molecule has 0 aromatic rings. The van der Waals surface area contributed by atoms with Gasteiger partial charge in [0.25, 0.3) is 0 Å². The van der Waals surface area contributed by atoms with Crippen LogP contribution in [-0.4, -0.2) is 76.5 Å². The summed E-state index contributed by atoms with van der Waals surface area (Å²) in [6.45, 7) is 2.38. The van der Waals surface area contributed by atoms with Gasteiger partial charge < -0.3 is 30.3 Å². The summed E-state index contributed by atoms with van der Waals surface area (Å²) in [6, 6.07) is 0. The standard InChI is InChI=1S/C16H29N2O10PS/c1-16(2,10-28-29(24,25)26)14(22)15(23)18-7-6-11(19)17-8-9-30-13(21)5-4-12(20)27-3/h14,22H,4-10H2,1-3H3,(H,17,19)(H,18,23)(H2,24,25,26)/t14-/m0/s1. The molecule has 0 aromatic carbocycles. The highest BCUT2D eigenvalue weighted by Crippen LogP contribution is 2.38. The Morgan fingerprint density at radius 1 is 1.07 bits per heavy atom. The number of hydrogen-bond acceptors (Lipinski definition) is 9. The second kappa shape index (κ2) is 13.7. The molecule has 0 heterocycles. The molecule has 30 heavy (non-hydrogen) atoms. The van der Waals surface area contributed by atoms with Gasteiger partial charge in [-0.3, -0.25) is 23.7 Å². The molecular weight excluding hydrogens is 443 g/mol. The summed E-state index contributed by atoms with van der Waals surface area (Å²) in [5, 5.41) is 14.7. The number of aliphatic hydroxyl groups excluding tert-OH is 1. The Morgan fingerprint density at radius 2 is 1.70 bits per heavy atom. The second-order valence-corrected chi connectivity index (χ2v) is 9.23. The van der Waals surface area contributed by atoms with Crippen molar-refractivity contribution >= 4 is 42.5 Å². The first-order chi connectivity index (χ1) is 13.8. The number of aliphatic hydroxyl groups is 1. The molecule has 14 heteroatoms. The number of nitrogens with one attached hydrogen (secondary N) is 2. The van der Waals surface area contributed by atoms with Crippen molar-refractivity contribution in [3.05, 3.63) is 0 Å². The Hall–Kier alpha value is -1.50. The van der Waals surface area contributed by atoms with Crippen LogP contribution in [0.25, 0.3) is 0 Å². The van der Waals surface area contributed by atoms with E-state index < -0.39 is 37.8 Å². The first-order valence-electron chi connectivity index (χ1n) is 8.93. The second-order valence-electron chi connectivity index (χ2n) is 6.84. The summed E-state index contributed by atoms with van der Waals surface area (Å²) < 4.78 is 19.5. The lowest BCUT2D eigenvalue weighted by Gasteiger charge is -2.29. The quantitative estimate of drug-likeness (QED) is 0.122. The van der Waals surface area contributed by atoms with E-state index in [9.17, 15) is 28.8 Å². The summed E-state index contributed by atoms with van der Waals surface area (Å²) in [7, 11) is -3.50. The van der Waals surface area contributed by atoms with Crippen LogP contribution in [0, 0.1) is 5.41 Å². The number of esters is 1. The molecule has 0 bridgehead atoms. The largest absolute Gasteiger partial charge is 0.469 e. The molecule has 5 N–H and O–H groups in total. The molecule has 174 valence electrons. The minimum atomic E-state index is -4.74. The molecule has 2 amide bonds. The van der Waals surface area contributed by atoms with Crippen molar-refractivity contribution in [1.82, 2.24) is 10.6 Å². The van der Waals surface area contributed by atoms with Crippen molar-refractivity contribution in [2.45, 2.75) is 39.2 Å². The average molecular weight is 472 g/mol. The number of phosphoric ester groups is 1. The fraction of sp³-hybridized carbons (Fsp3) is 0.750. The van der Waals surface area contributed by atoms with Crippen LogP contribution >= 0.6 is 19.6 Å². The van der Waals surface area contributed by atoms with Gasteiger partial charge in [0.2, 0.25) is 11.8 Å². The fourth-order valence-corrected chi connectivity index (χ4v) is 3.08.